The van der Waals surface area contributed by atoms with E-state index in [0.29, 0.717) is 17.1 Å². The summed E-state index contributed by atoms with van der Waals surface area (Å²) in [4.78, 5) is 19.9. The lowest BCUT2D eigenvalue weighted by molar-refractivity contribution is -0.401. The largest absolute Gasteiger partial charge is 0.496 e. The van der Waals surface area contributed by atoms with Gasteiger partial charge in [-0.15, -0.1) is 0 Å². The first-order valence-electron chi connectivity index (χ1n) is 5.75. The van der Waals surface area contributed by atoms with Crippen molar-refractivity contribution in [3.63, 3.8) is 0 Å². The quantitative estimate of drug-likeness (QED) is 0.618. The molecule has 0 saturated carbocycles. The molecular formula is C13H10N2O6. The summed E-state index contributed by atoms with van der Waals surface area (Å²) in [6.07, 6.45) is 1.93. The molecule has 1 aromatic heterocycles. The lowest BCUT2D eigenvalue weighted by Gasteiger charge is -2.05. The minimum Gasteiger partial charge on any atom is -0.496 e. The molecule has 0 fully saturated rings. The van der Waals surface area contributed by atoms with Crippen LogP contribution in [0.4, 0.5) is 5.69 Å². The number of furan rings is 1. The zero-order chi connectivity index (χ0) is 15.4. The molecule has 0 saturated heterocycles. The summed E-state index contributed by atoms with van der Waals surface area (Å²) < 4.78 is 10.5. The molecule has 0 radical (unpaired) electrons. The van der Waals surface area contributed by atoms with Crippen molar-refractivity contribution in [2.45, 2.75) is 0 Å². The highest BCUT2D eigenvalue weighted by Crippen LogP contribution is 2.34. The van der Waals surface area contributed by atoms with Crippen LogP contribution < -0.4 is 4.74 Å². The average Bonchev–Trinajstić information content (AvgIpc) is 2.93. The second-order valence-electron chi connectivity index (χ2n) is 3.94. The minimum atomic E-state index is -0.615. The van der Waals surface area contributed by atoms with Crippen LogP contribution >= 0.6 is 0 Å². The fourth-order valence-corrected chi connectivity index (χ4v) is 1.72. The van der Waals surface area contributed by atoms with Gasteiger partial charge in [-0.3, -0.25) is 20.2 Å². The van der Waals surface area contributed by atoms with E-state index in [1.165, 1.54) is 37.5 Å². The van der Waals surface area contributed by atoms with Gasteiger partial charge < -0.3 is 9.15 Å². The van der Waals surface area contributed by atoms with Gasteiger partial charge in [0.25, 0.3) is 5.69 Å². The molecule has 8 heteroatoms. The maximum Gasteiger partial charge on any atom is 0.270 e. The van der Waals surface area contributed by atoms with Gasteiger partial charge in [0.1, 0.15) is 17.3 Å². The second kappa shape index (κ2) is 5.87. The van der Waals surface area contributed by atoms with E-state index in [1.54, 1.807) is 6.07 Å². The van der Waals surface area contributed by atoms with E-state index in [2.05, 4.69) is 0 Å². The molecule has 21 heavy (non-hydrogen) atoms. The number of benzene rings is 1. The van der Waals surface area contributed by atoms with Crippen LogP contribution in [0.15, 0.2) is 40.9 Å². The average molecular weight is 290 g/mol. The number of nitro benzene ring substituents is 1. The number of nitrogens with zero attached hydrogens (tertiary/aromatic N) is 2. The van der Waals surface area contributed by atoms with E-state index < -0.39 is 9.85 Å². The molecular weight excluding hydrogens is 280 g/mol. The van der Waals surface area contributed by atoms with E-state index in [0.717, 1.165) is 6.20 Å². The highest BCUT2D eigenvalue weighted by molar-refractivity contribution is 5.70. The first-order chi connectivity index (χ1) is 10.0. The third kappa shape index (κ3) is 3.24. The topological polar surface area (TPSA) is 109 Å². The zero-order valence-electron chi connectivity index (χ0n) is 10.9. The van der Waals surface area contributed by atoms with Crippen LogP contribution in [0.2, 0.25) is 0 Å². The van der Waals surface area contributed by atoms with Gasteiger partial charge in [-0.05, 0) is 18.2 Å². The summed E-state index contributed by atoms with van der Waals surface area (Å²) >= 11 is 0. The first kappa shape index (κ1) is 14.3. The van der Waals surface area contributed by atoms with E-state index in [9.17, 15) is 20.2 Å². The molecule has 0 aliphatic carbocycles. The Kier molecular flexibility index (Phi) is 3.98. The second-order valence-corrected chi connectivity index (χ2v) is 3.94. The van der Waals surface area contributed by atoms with Crippen molar-refractivity contribution in [1.82, 2.24) is 0 Å². The van der Waals surface area contributed by atoms with E-state index >= 15 is 0 Å². The molecule has 0 N–H and O–H groups in total. The summed E-state index contributed by atoms with van der Waals surface area (Å²) in [5, 5.41) is 21.1. The maximum atomic E-state index is 10.8. The Morgan fingerprint density at radius 1 is 1.19 bits per heavy atom. The van der Waals surface area contributed by atoms with Crippen molar-refractivity contribution >= 4 is 11.8 Å². The van der Waals surface area contributed by atoms with E-state index in [-0.39, 0.29) is 11.4 Å². The van der Waals surface area contributed by atoms with Crippen molar-refractivity contribution in [3.8, 4) is 17.1 Å². The molecule has 1 aromatic carbocycles. The van der Waals surface area contributed by atoms with Crippen LogP contribution in [-0.2, 0) is 0 Å². The van der Waals surface area contributed by atoms with E-state index in [4.69, 9.17) is 9.15 Å². The van der Waals surface area contributed by atoms with Crippen molar-refractivity contribution in [2.75, 3.05) is 7.11 Å². The molecule has 1 heterocycles. The highest BCUT2D eigenvalue weighted by Gasteiger charge is 2.15. The number of rotatable bonds is 5. The van der Waals surface area contributed by atoms with Crippen LogP contribution in [0.3, 0.4) is 0 Å². The smallest absolute Gasteiger partial charge is 0.270 e. The molecule has 0 amide bonds. The molecule has 0 aliphatic rings. The fraction of sp³-hybridized carbons (Fsp3) is 0.0769. The molecule has 2 aromatic rings. The van der Waals surface area contributed by atoms with Gasteiger partial charge in [-0.25, -0.2) is 0 Å². The van der Waals surface area contributed by atoms with E-state index in [1.807, 2.05) is 0 Å². The minimum absolute atomic E-state index is 0.107. The lowest BCUT2D eigenvalue weighted by Crippen LogP contribution is -1.91. The molecule has 8 nitrogen and oxygen atoms in total. The van der Waals surface area contributed by atoms with Crippen LogP contribution in [0, 0.1) is 20.2 Å². The van der Waals surface area contributed by atoms with Crippen molar-refractivity contribution in [2.24, 2.45) is 0 Å². The predicted molar refractivity (Wildman–Crippen MR) is 73.4 cm³/mol. The highest BCUT2D eigenvalue weighted by atomic mass is 16.6. The van der Waals surface area contributed by atoms with Crippen LogP contribution in [0.5, 0.6) is 5.75 Å². The number of hydrogen-bond donors (Lipinski definition) is 0. The standard InChI is InChI=1S/C13H10N2O6/c1-20-12-4-2-9(15(18)19)8-11(12)13-5-3-10(21-13)6-7-14(16)17/h2-8H,1H3/b7-6-. The Hall–Kier alpha value is -3.16. The lowest BCUT2D eigenvalue weighted by atomic mass is 10.1. The third-order valence-corrected chi connectivity index (χ3v) is 2.65. The molecule has 0 spiro atoms. The molecule has 0 atom stereocenters. The molecule has 108 valence electrons. The van der Waals surface area contributed by atoms with Crippen molar-refractivity contribution in [1.29, 1.82) is 0 Å². The van der Waals surface area contributed by atoms with Gasteiger partial charge in [0.2, 0.25) is 6.20 Å². The van der Waals surface area contributed by atoms with Gasteiger partial charge in [0, 0.05) is 12.1 Å². The van der Waals surface area contributed by atoms with Crippen molar-refractivity contribution in [3.05, 3.63) is 62.5 Å². The van der Waals surface area contributed by atoms with Gasteiger partial charge >= 0.3 is 0 Å². The monoisotopic (exact) mass is 290 g/mol. The Balaban J connectivity index is 2.43. The first-order valence-corrected chi connectivity index (χ1v) is 5.75. The summed E-state index contributed by atoms with van der Waals surface area (Å²) in [7, 11) is 1.43. The number of hydrogen-bond acceptors (Lipinski definition) is 6. The van der Waals surface area contributed by atoms with Crippen LogP contribution in [0.1, 0.15) is 5.76 Å². The Morgan fingerprint density at radius 2 is 1.95 bits per heavy atom. The Labute approximate surface area is 118 Å². The molecule has 0 aliphatic heterocycles. The Bertz CT molecular complexity index is 719. The van der Waals surface area contributed by atoms with Gasteiger partial charge in [-0.2, -0.15) is 0 Å². The number of ether oxygens (including phenoxy) is 1. The maximum absolute atomic E-state index is 10.8. The van der Waals surface area contributed by atoms with Crippen LogP contribution in [0.25, 0.3) is 17.4 Å². The van der Waals surface area contributed by atoms with Crippen LogP contribution in [-0.4, -0.2) is 17.0 Å². The zero-order valence-corrected chi connectivity index (χ0v) is 10.9. The number of nitro groups is 2. The summed E-state index contributed by atoms with van der Waals surface area (Å²) in [6.45, 7) is 0. The van der Waals surface area contributed by atoms with Gasteiger partial charge in [0.05, 0.1) is 28.6 Å². The van der Waals surface area contributed by atoms with Gasteiger partial charge in [0.15, 0.2) is 0 Å². The number of non-ortho nitro benzene ring substituents is 1. The normalized spacial score (nSPS) is 10.7. The molecule has 2 rings (SSSR count). The molecule has 0 bridgehead atoms. The summed E-state index contributed by atoms with van der Waals surface area (Å²) in [6, 6.07) is 7.18. The Morgan fingerprint density at radius 3 is 2.57 bits per heavy atom. The molecule has 0 unspecified atom stereocenters. The fourth-order valence-electron chi connectivity index (χ4n) is 1.72. The SMILES string of the molecule is COc1ccc([N+](=O)[O-])cc1-c1ccc(/C=C\[N+](=O)[O-])o1. The number of methoxy groups -OCH3 is 1. The van der Waals surface area contributed by atoms with Gasteiger partial charge in [-0.1, -0.05) is 0 Å². The van der Waals surface area contributed by atoms with Crippen molar-refractivity contribution < 1.29 is 19.0 Å². The summed E-state index contributed by atoms with van der Waals surface area (Å²) in [5.41, 5.74) is 0.289. The third-order valence-electron chi connectivity index (χ3n) is 2.65. The summed E-state index contributed by atoms with van der Waals surface area (Å²) in [5.74, 6) is 0.980. The predicted octanol–water partition coefficient (Wildman–Crippen LogP) is 3.11.